The van der Waals surface area contributed by atoms with Crippen LogP contribution in [0.3, 0.4) is 0 Å². The summed E-state index contributed by atoms with van der Waals surface area (Å²) in [6.45, 7) is 1.79. The lowest BCUT2D eigenvalue weighted by atomic mass is 10.3. The van der Waals surface area contributed by atoms with Crippen LogP contribution >= 0.6 is 54.8 Å². The van der Waals surface area contributed by atoms with E-state index >= 15 is 0 Å². The minimum atomic E-state index is -3.77. The molecular formula is C11H7Br2ClFNO2S2. The molecule has 0 aliphatic rings. The zero-order valence-electron chi connectivity index (χ0n) is 9.88. The Bertz CT molecular complexity index is 734. The highest BCUT2D eigenvalue weighted by molar-refractivity contribution is 9.11. The molecule has 0 aliphatic heterocycles. The molecule has 2 rings (SSSR count). The van der Waals surface area contributed by atoms with E-state index in [0.29, 0.717) is 0 Å². The fourth-order valence-corrected chi connectivity index (χ4v) is 5.80. The number of sulfonamides is 1. The van der Waals surface area contributed by atoms with Crippen LogP contribution in [0.4, 0.5) is 10.1 Å². The summed E-state index contributed by atoms with van der Waals surface area (Å²) < 4.78 is 41.1. The molecule has 3 nitrogen and oxygen atoms in total. The van der Waals surface area contributed by atoms with Crippen molar-refractivity contribution in [2.45, 2.75) is 11.1 Å². The van der Waals surface area contributed by atoms with E-state index in [4.69, 9.17) is 11.6 Å². The molecule has 0 radical (unpaired) electrons. The zero-order chi connectivity index (χ0) is 15.1. The Hall–Kier alpha value is -0.150. The quantitative estimate of drug-likeness (QED) is 0.682. The molecule has 0 saturated heterocycles. The first-order valence-corrected chi connectivity index (χ1v) is 9.40. The van der Waals surface area contributed by atoms with Gasteiger partial charge in [-0.3, -0.25) is 4.72 Å². The maximum Gasteiger partial charge on any atom is 0.271 e. The van der Waals surface area contributed by atoms with Gasteiger partial charge in [0.1, 0.15) is 10.0 Å². The van der Waals surface area contributed by atoms with Gasteiger partial charge in [0.2, 0.25) is 0 Å². The predicted octanol–water partition coefficient (Wildman–Crippen LogP) is 5.17. The van der Waals surface area contributed by atoms with E-state index in [1.165, 1.54) is 0 Å². The Morgan fingerprint density at radius 2 is 1.95 bits per heavy atom. The molecule has 0 saturated carbocycles. The summed E-state index contributed by atoms with van der Waals surface area (Å²) in [5.74, 6) is -0.556. The lowest BCUT2D eigenvalue weighted by molar-refractivity contribution is 0.602. The molecule has 20 heavy (non-hydrogen) atoms. The van der Waals surface area contributed by atoms with Crippen LogP contribution in [-0.4, -0.2) is 8.42 Å². The van der Waals surface area contributed by atoms with Gasteiger partial charge < -0.3 is 0 Å². The van der Waals surface area contributed by atoms with Crippen LogP contribution in [0.2, 0.25) is 5.02 Å². The van der Waals surface area contributed by atoms with Crippen molar-refractivity contribution in [2.75, 3.05) is 4.72 Å². The molecule has 0 bridgehead atoms. The molecule has 0 atom stereocenters. The highest BCUT2D eigenvalue weighted by atomic mass is 79.9. The maximum atomic E-state index is 13.1. The fourth-order valence-electron chi connectivity index (χ4n) is 1.39. The second-order valence-corrected chi connectivity index (χ2v) is 9.41. The Morgan fingerprint density at radius 3 is 2.45 bits per heavy atom. The van der Waals surface area contributed by atoms with Gasteiger partial charge in [-0.05, 0) is 62.5 Å². The number of hydrogen-bond acceptors (Lipinski definition) is 3. The summed E-state index contributed by atoms with van der Waals surface area (Å²) in [6, 6.07) is 3.72. The molecule has 0 spiro atoms. The maximum absolute atomic E-state index is 13.1. The molecule has 2 aromatic rings. The molecule has 9 heteroatoms. The standard InChI is InChI=1S/C11H7Br2ClFNO2S2/c1-5-2-9(19-11(5)13)20(17,18)16-10-7(12)3-6(15)4-8(10)14/h2-4,16H,1H3. The van der Waals surface area contributed by atoms with E-state index in [1.54, 1.807) is 13.0 Å². The van der Waals surface area contributed by atoms with Gasteiger partial charge in [0.25, 0.3) is 10.0 Å². The third-order valence-corrected chi connectivity index (χ3v) is 7.23. The summed E-state index contributed by atoms with van der Waals surface area (Å²) in [5, 5.41) is -0.0206. The number of halogens is 4. The Morgan fingerprint density at radius 1 is 1.30 bits per heavy atom. The van der Waals surface area contributed by atoms with E-state index in [-0.39, 0.29) is 19.4 Å². The Kier molecular flexibility index (Phi) is 4.80. The summed E-state index contributed by atoms with van der Waals surface area (Å²) in [7, 11) is -3.77. The molecule has 0 fully saturated rings. The lowest BCUT2D eigenvalue weighted by Gasteiger charge is -2.10. The average molecular weight is 464 g/mol. The number of nitrogens with one attached hydrogen (secondary N) is 1. The van der Waals surface area contributed by atoms with Crippen LogP contribution in [-0.2, 0) is 10.0 Å². The van der Waals surface area contributed by atoms with Crippen LogP contribution in [0.15, 0.2) is 30.7 Å². The van der Waals surface area contributed by atoms with E-state index in [9.17, 15) is 12.8 Å². The highest BCUT2D eigenvalue weighted by Gasteiger charge is 2.21. The zero-order valence-corrected chi connectivity index (χ0v) is 15.4. The molecule has 1 heterocycles. The minimum absolute atomic E-state index is 0.0206. The topological polar surface area (TPSA) is 46.2 Å². The van der Waals surface area contributed by atoms with Crippen molar-refractivity contribution in [1.29, 1.82) is 0 Å². The van der Waals surface area contributed by atoms with Crippen molar-refractivity contribution in [2.24, 2.45) is 0 Å². The number of rotatable bonds is 3. The predicted molar refractivity (Wildman–Crippen MR) is 86.7 cm³/mol. The molecule has 0 aliphatic carbocycles. The van der Waals surface area contributed by atoms with Gasteiger partial charge in [-0.25, -0.2) is 12.8 Å². The third kappa shape index (κ3) is 3.36. The van der Waals surface area contributed by atoms with E-state index < -0.39 is 15.8 Å². The molecule has 108 valence electrons. The number of benzene rings is 1. The number of aryl methyl sites for hydroxylation is 1. The van der Waals surface area contributed by atoms with E-state index in [1.807, 2.05) is 0 Å². The molecule has 1 N–H and O–H groups in total. The van der Waals surface area contributed by atoms with Crippen molar-refractivity contribution >= 4 is 70.5 Å². The first-order valence-electron chi connectivity index (χ1n) is 5.14. The molecule has 1 aromatic carbocycles. The fraction of sp³-hybridized carbons (Fsp3) is 0.0909. The van der Waals surface area contributed by atoms with Crippen LogP contribution in [0.5, 0.6) is 0 Å². The summed E-state index contributed by atoms with van der Waals surface area (Å²) >= 11 is 13.3. The van der Waals surface area contributed by atoms with Gasteiger partial charge in [0, 0.05) is 4.47 Å². The number of thiophene rings is 1. The summed E-state index contributed by atoms with van der Waals surface area (Å²) in [5.41, 5.74) is 0.926. The van der Waals surface area contributed by atoms with Crippen molar-refractivity contribution in [3.8, 4) is 0 Å². The van der Waals surface area contributed by atoms with E-state index in [0.717, 1.165) is 32.8 Å². The molecule has 0 unspecified atom stereocenters. The second-order valence-electron chi connectivity index (χ2n) is 3.87. The van der Waals surface area contributed by atoms with Crippen LogP contribution in [0.1, 0.15) is 5.56 Å². The number of anilines is 1. The van der Waals surface area contributed by atoms with E-state index in [2.05, 4.69) is 36.6 Å². The molecule has 1 aromatic heterocycles. The van der Waals surface area contributed by atoms with Crippen LogP contribution in [0, 0.1) is 12.7 Å². The van der Waals surface area contributed by atoms with Crippen molar-refractivity contribution < 1.29 is 12.8 Å². The SMILES string of the molecule is Cc1cc(S(=O)(=O)Nc2c(Cl)cc(F)cc2Br)sc1Br. The monoisotopic (exact) mass is 461 g/mol. The number of hydrogen-bond donors (Lipinski definition) is 1. The van der Waals surface area contributed by atoms with Crippen molar-refractivity contribution in [3.05, 3.63) is 42.9 Å². The highest BCUT2D eigenvalue weighted by Crippen LogP contribution is 2.36. The first kappa shape index (κ1) is 16.2. The van der Waals surface area contributed by atoms with Gasteiger partial charge >= 0.3 is 0 Å². The molecular weight excluding hydrogens is 457 g/mol. The average Bonchev–Trinajstić information content (AvgIpc) is 2.65. The first-order chi connectivity index (χ1) is 9.20. The van der Waals surface area contributed by atoms with Crippen LogP contribution in [0.25, 0.3) is 0 Å². The second kappa shape index (κ2) is 5.92. The normalized spacial score (nSPS) is 11.7. The summed E-state index contributed by atoms with van der Waals surface area (Å²) in [4.78, 5) is 0. The van der Waals surface area contributed by atoms with Gasteiger partial charge in [0.05, 0.1) is 14.5 Å². The smallest absolute Gasteiger partial charge is 0.271 e. The molecule has 0 amide bonds. The van der Waals surface area contributed by atoms with Crippen molar-refractivity contribution in [3.63, 3.8) is 0 Å². The lowest BCUT2D eigenvalue weighted by Crippen LogP contribution is -2.12. The van der Waals surface area contributed by atoms with Gasteiger partial charge in [-0.1, -0.05) is 11.6 Å². The van der Waals surface area contributed by atoms with Gasteiger partial charge in [-0.2, -0.15) is 0 Å². The van der Waals surface area contributed by atoms with Gasteiger partial charge in [0.15, 0.2) is 0 Å². The minimum Gasteiger partial charge on any atom is -0.276 e. The largest absolute Gasteiger partial charge is 0.276 e. The summed E-state index contributed by atoms with van der Waals surface area (Å²) in [6.07, 6.45) is 0. The Balaban J connectivity index is 2.43. The third-order valence-electron chi connectivity index (χ3n) is 2.34. The van der Waals surface area contributed by atoms with Crippen LogP contribution < -0.4 is 4.72 Å². The van der Waals surface area contributed by atoms with Gasteiger partial charge in [-0.15, -0.1) is 11.3 Å². The Labute approximate surface area is 141 Å². The van der Waals surface area contributed by atoms with Crippen molar-refractivity contribution in [1.82, 2.24) is 0 Å².